The smallest absolute Gasteiger partial charge is 0.225 e. The summed E-state index contributed by atoms with van der Waals surface area (Å²) in [6.45, 7) is 1.94. The Hall–Kier alpha value is -0.910. The molecule has 2 N–H and O–H groups in total. The van der Waals surface area contributed by atoms with Crippen molar-refractivity contribution in [2.24, 2.45) is 11.7 Å². The maximum atomic E-state index is 12.6. The highest BCUT2D eigenvalue weighted by Crippen LogP contribution is 2.29. The zero-order valence-corrected chi connectivity index (χ0v) is 13.6. The van der Waals surface area contributed by atoms with Crippen molar-refractivity contribution in [1.29, 1.82) is 0 Å². The van der Waals surface area contributed by atoms with E-state index in [0.717, 1.165) is 29.3 Å². The fraction of sp³-hybridized carbons (Fsp3) is 0.562. The normalized spacial score (nSPS) is 29.6. The van der Waals surface area contributed by atoms with Crippen molar-refractivity contribution in [2.45, 2.75) is 31.4 Å². The average Bonchev–Trinajstić information content (AvgIpc) is 2.94. The van der Waals surface area contributed by atoms with Crippen LogP contribution in [0.15, 0.2) is 28.7 Å². The number of hydrogen-bond donors (Lipinski definition) is 1. The van der Waals surface area contributed by atoms with E-state index in [0.29, 0.717) is 19.7 Å². The van der Waals surface area contributed by atoms with Gasteiger partial charge >= 0.3 is 0 Å². The lowest BCUT2D eigenvalue weighted by atomic mass is 10.0. The summed E-state index contributed by atoms with van der Waals surface area (Å²) >= 11 is 3.44. The summed E-state index contributed by atoms with van der Waals surface area (Å²) < 4.78 is 6.89. The molecule has 114 valence electrons. The molecule has 0 unspecified atom stereocenters. The molecular weight excluding hydrogens is 332 g/mol. The minimum absolute atomic E-state index is 0.0223. The predicted octanol–water partition coefficient (Wildman–Crippen LogP) is 2.48. The summed E-state index contributed by atoms with van der Waals surface area (Å²) in [5, 5.41) is 0. The van der Waals surface area contributed by atoms with Crippen molar-refractivity contribution in [3.05, 3.63) is 34.3 Å². The first-order valence-electron chi connectivity index (χ1n) is 7.55. The highest BCUT2D eigenvalue weighted by Gasteiger charge is 2.33. The van der Waals surface area contributed by atoms with Gasteiger partial charge < -0.3 is 15.4 Å². The zero-order valence-electron chi connectivity index (χ0n) is 12.0. The van der Waals surface area contributed by atoms with Crippen molar-refractivity contribution in [3.8, 4) is 0 Å². The first-order valence-corrected chi connectivity index (χ1v) is 8.34. The Kier molecular flexibility index (Phi) is 4.62. The second-order valence-corrected chi connectivity index (χ2v) is 6.88. The largest absolute Gasteiger partial charge is 0.370 e. The molecule has 3 rings (SSSR count). The fourth-order valence-corrected chi connectivity index (χ4v) is 3.49. The Morgan fingerprint density at radius 3 is 2.71 bits per heavy atom. The van der Waals surface area contributed by atoms with Gasteiger partial charge in [-0.25, -0.2) is 0 Å². The Balaban J connectivity index is 1.65. The summed E-state index contributed by atoms with van der Waals surface area (Å²) in [4.78, 5) is 14.5. The summed E-state index contributed by atoms with van der Waals surface area (Å²) in [5.74, 6) is 0.372. The molecule has 0 radical (unpaired) electrons. The van der Waals surface area contributed by atoms with Crippen LogP contribution in [0, 0.1) is 5.92 Å². The number of rotatable bonds is 2. The van der Waals surface area contributed by atoms with E-state index in [9.17, 15) is 4.79 Å². The minimum Gasteiger partial charge on any atom is -0.370 e. The lowest BCUT2D eigenvalue weighted by molar-refractivity contribution is -0.143. The molecule has 1 aliphatic heterocycles. The maximum Gasteiger partial charge on any atom is 0.225 e. The molecule has 0 spiro atoms. The van der Waals surface area contributed by atoms with Gasteiger partial charge in [-0.3, -0.25) is 4.79 Å². The van der Waals surface area contributed by atoms with Crippen molar-refractivity contribution >= 4 is 21.8 Å². The molecule has 2 fully saturated rings. The molecule has 1 saturated carbocycles. The number of halogens is 1. The zero-order chi connectivity index (χ0) is 14.8. The molecule has 0 bridgehead atoms. The molecule has 4 nitrogen and oxygen atoms in total. The van der Waals surface area contributed by atoms with Gasteiger partial charge in [0.25, 0.3) is 0 Å². The van der Waals surface area contributed by atoms with E-state index >= 15 is 0 Å². The highest BCUT2D eigenvalue weighted by atomic mass is 79.9. The van der Waals surface area contributed by atoms with Crippen LogP contribution in [0.2, 0.25) is 0 Å². The topological polar surface area (TPSA) is 55.6 Å². The number of benzene rings is 1. The SMILES string of the molecule is N[C@@H]1CC[C@@H](C(=O)N2CCO[C@@H](c3ccc(Br)cc3)C2)C1. The molecule has 3 atom stereocenters. The number of amides is 1. The number of hydrogen-bond acceptors (Lipinski definition) is 3. The molecule has 1 aromatic rings. The van der Waals surface area contributed by atoms with Gasteiger partial charge in [-0.1, -0.05) is 28.1 Å². The molecule has 21 heavy (non-hydrogen) atoms. The lowest BCUT2D eigenvalue weighted by Gasteiger charge is -2.34. The van der Waals surface area contributed by atoms with Gasteiger partial charge in [-0.05, 0) is 37.0 Å². The van der Waals surface area contributed by atoms with E-state index in [1.54, 1.807) is 0 Å². The monoisotopic (exact) mass is 352 g/mol. The number of carbonyl (C=O) groups excluding carboxylic acids is 1. The number of nitrogens with two attached hydrogens (primary N) is 1. The van der Waals surface area contributed by atoms with E-state index in [1.807, 2.05) is 29.2 Å². The van der Waals surface area contributed by atoms with Gasteiger partial charge in [0.2, 0.25) is 5.91 Å². The number of carbonyl (C=O) groups is 1. The van der Waals surface area contributed by atoms with Crippen LogP contribution < -0.4 is 5.73 Å². The fourth-order valence-electron chi connectivity index (χ4n) is 3.23. The van der Waals surface area contributed by atoms with Crippen molar-refractivity contribution in [1.82, 2.24) is 4.90 Å². The molecular formula is C16H21BrN2O2. The van der Waals surface area contributed by atoms with Gasteiger partial charge in [0, 0.05) is 23.0 Å². The lowest BCUT2D eigenvalue weighted by Crippen LogP contribution is -2.44. The molecule has 1 heterocycles. The van der Waals surface area contributed by atoms with Gasteiger partial charge in [0.05, 0.1) is 13.2 Å². The van der Waals surface area contributed by atoms with Crippen LogP contribution in [0.5, 0.6) is 0 Å². The third-order valence-corrected chi connectivity index (χ3v) is 4.97. The third-order valence-electron chi connectivity index (χ3n) is 4.44. The van der Waals surface area contributed by atoms with E-state index in [-0.39, 0.29) is 24.0 Å². The minimum atomic E-state index is -0.0223. The summed E-state index contributed by atoms with van der Waals surface area (Å²) in [5.41, 5.74) is 7.05. The summed E-state index contributed by atoms with van der Waals surface area (Å²) in [7, 11) is 0. The molecule has 1 saturated heterocycles. The quantitative estimate of drug-likeness (QED) is 0.889. The standard InChI is InChI=1S/C16H21BrN2O2/c17-13-4-1-11(2-5-13)15-10-19(7-8-21-15)16(20)12-3-6-14(18)9-12/h1-2,4-5,12,14-15H,3,6-10,18H2/t12-,14-,15-/m1/s1. The van der Waals surface area contributed by atoms with Crippen LogP contribution in [-0.2, 0) is 9.53 Å². The van der Waals surface area contributed by atoms with E-state index < -0.39 is 0 Å². The van der Waals surface area contributed by atoms with Gasteiger partial charge in [0.15, 0.2) is 0 Å². The highest BCUT2D eigenvalue weighted by molar-refractivity contribution is 9.10. The van der Waals surface area contributed by atoms with E-state index in [2.05, 4.69) is 15.9 Å². The Bertz CT molecular complexity index is 506. The number of ether oxygens (including phenoxy) is 1. The van der Waals surface area contributed by atoms with Crippen molar-refractivity contribution in [2.75, 3.05) is 19.7 Å². The molecule has 5 heteroatoms. The maximum absolute atomic E-state index is 12.6. The van der Waals surface area contributed by atoms with E-state index in [1.165, 1.54) is 0 Å². The number of nitrogens with zero attached hydrogens (tertiary/aromatic N) is 1. The van der Waals surface area contributed by atoms with Crippen LogP contribution in [0.3, 0.4) is 0 Å². The number of morpholine rings is 1. The molecule has 0 aromatic heterocycles. The van der Waals surface area contributed by atoms with Crippen LogP contribution in [0.1, 0.15) is 30.9 Å². The van der Waals surface area contributed by atoms with Crippen LogP contribution in [0.4, 0.5) is 0 Å². The second kappa shape index (κ2) is 6.46. The van der Waals surface area contributed by atoms with Crippen LogP contribution in [0.25, 0.3) is 0 Å². The van der Waals surface area contributed by atoms with E-state index in [4.69, 9.17) is 10.5 Å². The van der Waals surface area contributed by atoms with Gasteiger partial charge in [-0.15, -0.1) is 0 Å². The first kappa shape index (κ1) is 15.0. The Morgan fingerprint density at radius 1 is 1.29 bits per heavy atom. The van der Waals surface area contributed by atoms with Crippen LogP contribution >= 0.6 is 15.9 Å². The van der Waals surface area contributed by atoms with Crippen molar-refractivity contribution in [3.63, 3.8) is 0 Å². The Morgan fingerprint density at radius 2 is 2.05 bits per heavy atom. The summed E-state index contributed by atoms with van der Waals surface area (Å²) in [6, 6.07) is 8.31. The molecule has 1 aliphatic carbocycles. The average molecular weight is 353 g/mol. The van der Waals surface area contributed by atoms with Crippen molar-refractivity contribution < 1.29 is 9.53 Å². The van der Waals surface area contributed by atoms with Crippen LogP contribution in [-0.4, -0.2) is 36.5 Å². The van der Waals surface area contributed by atoms with Gasteiger partial charge in [-0.2, -0.15) is 0 Å². The molecule has 2 aliphatic rings. The Labute approximate surface area is 133 Å². The third kappa shape index (κ3) is 3.47. The van der Waals surface area contributed by atoms with Gasteiger partial charge in [0.1, 0.15) is 6.10 Å². The summed E-state index contributed by atoms with van der Waals surface area (Å²) in [6.07, 6.45) is 2.71. The molecule has 1 aromatic carbocycles. The second-order valence-electron chi connectivity index (χ2n) is 5.97. The first-order chi connectivity index (χ1) is 10.1. The predicted molar refractivity (Wildman–Crippen MR) is 84.7 cm³/mol. The molecule has 1 amide bonds.